The maximum atomic E-state index is 4.11. The minimum Gasteiger partial charge on any atom is -0.192 e. The molecular weight excluding hydrogens is 236 g/mol. The highest BCUT2D eigenvalue weighted by molar-refractivity contribution is 5.63. The fourth-order valence-corrected chi connectivity index (χ4v) is 1.97. The van der Waals surface area contributed by atoms with E-state index in [9.17, 15) is 0 Å². The van der Waals surface area contributed by atoms with E-state index in [1.54, 1.807) is 10.8 Å². The smallest absolute Gasteiger partial charge is 0.187 e. The molecule has 0 fully saturated rings. The summed E-state index contributed by atoms with van der Waals surface area (Å²) < 4.78 is 1.73. The number of rotatable bonds is 3. The largest absolute Gasteiger partial charge is 0.192 e. The van der Waals surface area contributed by atoms with Gasteiger partial charge in [-0.2, -0.15) is 4.68 Å². The van der Waals surface area contributed by atoms with Crippen LogP contribution in [0.5, 0.6) is 0 Å². The van der Waals surface area contributed by atoms with E-state index in [1.165, 1.54) is 0 Å². The first-order valence-electron chi connectivity index (χ1n) is 5.96. The Morgan fingerprint density at radius 1 is 0.947 bits per heavy atom. The second kappa shape index (κ2) is 4.86. The van der Waals surface area contributed by atoms with Crippen LogP contribution in [0.15, 0.2) is 61.2 Å². The van der Waals surface area contributed by atoms with Gasteiger partial charge in [0.1, 0.15) is 0 Å². The number of tetrazole rings is 1. The van der Waals surface area contributed by atoms with Crippen LogP contribution in [0.2, 0.25) is 0 Å². The molecule has 0 amide bonds. The van der Waals surface area contributed by atoms with Gasteiger partial charge in [0.05, 0.1) is 5.69 Å². The van der Waals surface area contributed by atoms with E-state index in [0.29, 0.717) is 0 Å². The summed E-state index contributed by atoms with van der Waals surface area (Å²) in [6.07, 6.45) is 1.80. The van der Waals surface area contributed by atoms with Crippen molar-refractivity contribution in [3.63, 3.8) is 0 Å². The van der Waals surface area contributed by atoms with Gasteiger partial charge in [-0.3, -0.25) is 0 Å². The van der Waals surface area contributed by atoms with Crippen molar-refractivity contribution in [3.05, 3.63) is 66.7 Å². The minimum absolute atomic E-state index is 0.718. The molecule has 2 aromatic carbocycles. The highest BCUT2D eigenvalue weighted by Gasteiger charge is 2.11. The first kappa shape index (κ1) is 11.3. The van der Waals surface area contributed by atoms with Crippen LogP contribution in [0.3, 0.4) is 0 Å². The van der Waals surface area contributed by atoms with Gasteiger partial charge < -0.3 is 0 Å². The van der Waals surface area contributed by atoms with Crippen LogP contribution in [-0.4, -0.2) is 20.2 Å². The summed E-state index contributed by atoms with van der Waals surface area (Å²) in [5, 5.41) is 12.0. The molecule has 0 radical (unpaired) electrons. The third kappa shape index (κ3) is 2.04. The molecule has 0 unspecified atom stereocenters. The van der Waals surface area contributed by atoms with Crippen LogP contribution >= 0.6 is 0 Å². The summed E-state index contributed by atoms with van der Waals surface area (Å²) in [7, 11) is 0. The maximum absolute atomic E-state index is 4.11. The van der Waals surface area contributed by atoms with Crippen LogP contribution in [0, 0.1) is 0 Å². The average molecular weight is 248 g/mol. The zero-order chi connectivity index (χ0) is 13.1. The topological polar surface area (TPSA) is 43.6 Å². The number of hydrogen-bond acceptors (Lipinski definition) is 3. The summed E-state index contributed by atoms with van der Waals surface area (Å²) in [6, 6.07) is 17.7. The van der Waals surface area contributed by atoms with E-state index in [1.807, 2.05) is 54.6 Å². The van der Waals surface area contributed by atoms with E-state index in [4.69, 9.17) is 0 Å². The van der Waals surface area contributed by atoms with Crippen molar-refractivity contribution < 1.29 is 0 Å². The second-order valence-corrected chi connectivity index (χ2v) is 4.04. The highest BCUT2D eigenvalue weighted by atomic mass is 15.5. The van der Waals surface area contributed by atoms with Gasteiger partial charge in [-0.25, -0.2) is 0 Å². The van der Waals surface area contributed by atoms with Crippen molar-refractivity contribution >= 4 is 6.08 Å². The molecule has 3 aromatic rings. The molecule has 19 heavy (non-hydrogen) atoms. The lowest BCUT2D eigenvalue weighted by Gasteiger charge is -2.07. The molecule has 4 nitrogen and oxygen atoms in total. The molecule has 0 aliphatic rings. The fourth-order valence-electron chi connectivity index (χ4n) is 1.97. The Kier molecular flexibility index (Phi) is 2.90. The monoisotopic (exact) mass is 248 g/mol. The summed E-state index contributed by atoms with van der Waals surface area (Å²) in [5.41, 5.74) is 2.89. The Morgan fingerprint density at radius 2 is 1.68 bits per heavy atom. The van der Waals surface area contributed by atoms with E-state index < -0.39 is 0 Å². The van der Waals surface area contributed by atoms with Crippen LogP contribution in [0.1, 0.15) is 5.56 Å². The predicted molar refractivity (Wildman–Crippen MR) is 74.7 cm³/mol. The molecule has 0 aliphatic carbocycles. The Balaban J connectivity index is 2.18. The zero-order valence-electron chi connectivity index (χ0n) is 10.3. The molecule has 3 rings (SSSR count). The highest BCUT2D eigenvalue weighted by Crippen LogP contribution is 2.21. The van der Waals surface area contributed by atoms with Gasteiger partial charge >= 0.3 is 0 Å². The van der Waals surface area contributed by atoms with Crippen molar-refractivity contribution in [2.75, 3.05) is 0 Å². The van der Waals surface area contributed by atoms with Crippen molar-refractivity contribution in [1.29, 1.82) is 0 Å². The van der Waals surface area contributed by atoms with Gasteiger partial charge in [-0.1, -0.05) is 61.2 Å². The fraction of sp³-hybridized carbons (Fsp3) is 0. The maximum Gasteiger partial charge on any atom is 0.187 e. The number of hydrogen-bond donors (Lipinski definition) is 0. The molecule has 4 heteroatoms. The number of para-hydroxylation sites is 1. The summed E-state index contributed by atoms with van der Waals surface area (Å²) in [6.45, 7) is 3.82. The number of nitrogens with zero attached hydrogens (tertiary/aromatic N) is 4. The molecule has 1 aromatic heterocycles. The van der Waals surface area contributed by atoms with E-state index in [2.05, 4.69) is 22.1 Å². The second-order valence-electron chi connectivity index (χ2n) is 4.04. The summed E-state index contributed by atoms with van der Waals surface area (Å²) in [5.74, 6) is 0.718. The average Bonchev–Trinajstić information content (AvgIpc) is 2.97. The molecule has 92 valence electrons. The number of benzene rings is 2. The van der Waals surface area contributed by atoms with E-state index in [-0.39, 0.29) is 0 Å². The van der Waals surface area contributed by atoms with Gasteiger partial charge in [0.2, 0.25) is 0 Å². The molecule has 0 saturated heterocycles. The molecule has 0 saturated carbocycles. The minimum atomic E-state index is 0.718. The number of aromatic nitrogens is 4. The molecule has 0 bridgehead atoms. The lowest BCUT2D eigenvalue weighted by Crippen LogP contribution is -2.01. The van der Waals surface area contributed by atoms with Gasteiger partial charge in [-0.05, 0) is 22.1 Å². The van der Waals surface area contributed by atoms with E-state index >= 15 is 0 Å². The van der Waals surface area contributed by atoms with Crippen LogP contribution in [0.4, 0.5) is 0 Å². The third-order valence-corrected chi connectivity index (χ3v) is 2.89. The molecule has 0 atom stereocenters. The summed E-state index contributed by atoms with van der Waals surface area (Å²) in [4.78, 5) is 0. The van der Waals surface area contributed by atoms with Crippen LogP contribution in [-0.2, 0) is 0 Å². The Labute approximate surface area is 111 Å². The van der Waals surface area contributed by atoms with Crippen LogP contribution < -0.4 is 0 Å². The Hall–Kier alpha value is -2.75. The Morgan fingerprint density at radius 3 is 2.47 bits per heavy atom. The van der Waals surface area contributed by atoms with Gasteiger partial charge in [0.15, 0.2) is 5.82 Å². The van der Waals surface area contributed by atoms with Gasteiger partial charge in [-0.15, -0.1) is 5.10 Å². The van der Waals surface area contributed by atoms with Crippen LogP contribution in [0.25, 0.3) is 23.2 Å². The zero-order valence-corrected chi connectivity index (χ0v) is 10.3. The lowest BCUT2D eigenvalue weighted by molar-refractivity contribution is 0.790. The molecule has 0 N–H and O–H groups in total. The molecule has 0 spiro atoms. The first-order chi connectivity index (χ1) is 9.40. The van der Waals surface area contributed by atoms with Crippen molar-refractivity contribution in [2.45, 2.75) is 0 Å². The molecule has 1 heterocycles. The quantitative estimate of drug-likeness (QED) is 0.715. The first-order valence-corrected chi connectivity index (χ1v) is 5.96. The van der Waals surface area contributed by atoms with Crippen molar-refractivity contribution in [1.82, 2.24) is 20.2 Å². The lowest BCUT2D eigenvalue weighted by atomic mass is 10.1. The van der Waals surface area contributed by atoms with Gasteiger partial charge in [0, 0.05) is 5.56 Å². The third-order valence-electron chi connectivity index (χ3n) is 2.89. The van der Waals surface area contributed by atoms with Gasteiger partial charge in [0.25, 0.3) is 0 Å². The van der Waals surface area contributed by atoms with Crippen molar-refractivity contribution in [2.24, 2.45) is 0 Å². The normalized spacial score (nSPS) is 10.3. The standard InChI is InChI=1S/C15H12N4/c1-2-12-8-6-7-11-14(12)19-15(16-17-18-19)13-9-4-3-5-10-13/h2-11H,1H2. The predicted octanol–water partition coefficient (Wildman–Crippen LogP) is 2.97. The summed E-state index contributed by atoms with van der Waals surface area (Å²) >= 11 is 0. The van der Waals surface area contributed by atoms with Crippen molar-refractivity contribution in [3.8, 4) is 17.1 Å². The molecule has 0 aliphatic heterocycles. The molecular formula is C15H12N4. The Bertz CT molecular complexity index is 701. The van der Waals surface area contributed by atoms with E-state index in [0.717, 1.165) is 22.6 Å². The SMILES string of the molecule is C=Cc1ccccc1-n1nnnc1-c1ccccc1.